The molecule has 9 heteroatoms. The van der Waals surface area contributed by atoms with Gasteiger partial charge in [-0.1, -0.05) is 12.2 Å². The number of hydrogen-bond acceptors (Lipinski definition) is 6. The lowest BCUT2D eigenvalue weighted by Crippen LogP contribution is -2.39. The van der Waals surface area contributed by atoms with Gasteiger partial charge in [0.1, 0.15) is 5.60 Å². The largest absolute Gasteiger partial charge is 0.444 e. The highest BCUT2D eigenvalue weighted by molar-refractivity contribution is 7.80. The fourth-order valence-corrected chi connectivity index (χ4v) is 3.47. The number of nitrogens with zero attached hydrogens (tertiary/aromatic N) is 4. The van der Waals surface area contributed by atoms with Crippen molar-refractivity contribution < 1.29 is 9.53 Å². The molecule has 2 aromatic rings. The van der Waals surface area contributed by atoms with E-state index in [9.17, 15) is 4.79 Å². The van der Waals surface area contributed by atoms with E-state index in [2.05, 4.69) is 19.9 Å². The number of hydrogen-bond donors (Lipinski definition) is 2. The first-order valence-corrected chi connectivity index (χ1v) is 9.21. The Morgan fingerprint density at radius 2 is 2.15 bits per heavy atom. The molecule has 3 N–H and O–H groups in total. The minimum Gasteiger partial charge on any atom is -0.444 e. The van der Waals surface area contributed by atoms with Crippen LogP contribution in [0.25, 0.3) is 11.6 Å². The van der Waals surface area contributed by atoms with Gasteiger partial charge in [-0.05, 0) is 40.2 Å². The number of aromatic nitrogens is 4. The summed E-state index contributed by atoms with van der Waals surface area (Å²) in [6.07, 6.45) is 3.61. The van der Waals surface area contributed by atoms with Gasteiger partial charge in [0.05, 0.1) is 16.7 Å². The van der Waals surface area contributed by atoms with E-state index in [0.717, 1.165) is 5.69 Å². The van der Waals surface area contributed by atoms with E-state index < -0.39 is 17.7 Å². The van der Waals surface area contributed by atoms with Gasteiger partial charge < -0.3 is 15.5 Å². The maximum atomic E-state index is 12.8. The normalized spacial score (nSPS) is 19.9. The van der Waals surface area contributed by atoms with Crippen LogP contribution in [-0.4, -0.2) is 48.1 Å². The number of imidazole rings is 1. The van der Waals surface area contributed by atoms with Gasteiger partial charge in [0.15, 0.2) is 11.6 Å². The number of likely N-dealkylation sites (tertiary alicyclic amines) is 1. The third kappa shape index (κ3) is 4.24. The molecule has 144 valence electrons. The molecule has 1 fully saturated rings. The van der Waals surface area contributed by atoms with Gasteiger partial charge in [-0.3, -0.25) is 4.90 Å². The minimum atomic E-state index is -0.593. The van der Waals surface area contributed by atoms with Crippen LogP contribution in [0.1, 0.15) is 44.6 Å². The second-order valence-electron chi connectivity index (χ2n) is 7.61. The Bertz CT molecular complexity index is 846. The molecule has 1 aliphatic rings. The zero-order valence-electron chi connectivity index (χ0n) is 15.9. The van der Waals surface area contributed by atoms with Crippen molar-refractivity contribution in [2.45, 2.75) is 45.8 Å². The average Bonchev–Trinajstić information content (AvgIpc) is 3.22. The topological polar surface area (TPSA) is 110 Å². The van der Waals surface area contributed by atoms with Crippen LogP contribution in [0, 0.1) is 12.8 Å². The second kappa shape index (κ2) is 7.22. The van der Waals surface area contributed by atoms with Gasteiger partial charge in [0, 0.05) is 30.6 Å². The van der Waals surface area contributed by atoms with Crippen molar-refractivity contribution >= 4 is 23.3 Å². The number of nitrogens with two attached hydrogens (primary N) is 1. The lowest BCUT2D eigenvalue weighted by atomic mass is 9.97. The predicted octanol–water partition coefficient (Wildman–Crippen LogP) is 2.76. The first-order chi connectivity index (χ1) is 12.7. The molecule has 0 aliphatic carbocycles. The molecule has 2 unspecified atom stereocenters. The molecule has 3 heterocycles. The lowest BCUT2D eigenvalue weighted by molar-refractivity contribution is 0.0212. The van der Waals surface area contributed by atoms with E-state index in [1.54, 1.807) is 17.3 Å². The lowest BCUT2D eigenvalue weighted by Gasteiger charge is -2.30. The quantitative estimate of drug-likeness (QED) is 0.778. The minimum absolute atomic E-state index is 0.175. The van der Waals surface area contributed by atoms with E-state index in [4.69, 9.17) is 22.7 Å². The molecule has 0 radical (unpaired) electrons. The summed E-state index contributed by atoms with van der Waals surface area (Å²) in [5.74, 6) is 0.854. The SMILES string of the molecule is Cc1cc(C2C(C(N)=S)CCN2C(=O)OC(C)(C)C)nc(-c2ncc[nH]2)n1. The van der Waals surface area contributed by atoms with Crippen LogP contribution in [0.4, 0.5) is 4.79 Å². The van der Waals surface area contributed by atoms with Crippen molar-refractivity contribution in [2.24, 2.45) is 11.7 Å². The van der Waals surface area contributed by atoms with Crippen molar-refractivity contribution in [3.63, 3.8) is 0 Å². The number of nitrogens with one attached hydrogen (secondary N) is 1. The Balaban J connectivity index is 2.01. The molecule has 1 amide bonds. The van der Waals surface area contributed by atoms with Gasteiger partial charge >= 0.3 is 6.09 Å². The summed E-state index contributed by atoms with van der Waals surface area (Å²) in [5, 5.41) is 0. The van der Waals surface area contributed by atoms with E-state index in [1.807, 2.05) is 33.8 Å². The van der Waals surface area contributed by atoms with Crippen molar-refractivity contribution in [3.05, 3.63) is 29.8 Å². The molecule has 2 atom stereocenters. The van der Waals surface area contributed by atoms with E-state index in [0.29, 0.717) is 35.3 Å². The van der Waals surface area contributed by atoms with E-state index in [1.165, 1.54) is 0 Å². The van der Waals surface area contributed by atoms with Crippen molar-refractivity contribution in [2.75, 3.05) is 6.54 Å². The molecule has 0 aromatic carbocycles. The monoisotopic (exact) mass is 388 g/mol. The molecule has 27 heavy (non-hydrogen) atoms. The first kappa shape index (κ1) is 19.2. The average molecular weight is 388 g/mol. The Morgan fingerprint density at radius 1 is 1.41 bits per heavy atom. The summed E-state index contributed by atoms with van der Waals surface area (Å²) in [7, 11) is 0. The molecular formula is C18H24N6O2S. The van der Waals surface area contributed by atoms with Gasteiger partial charge in [-0.15, -0.1) is 0 Å². The smallest absolute Gasteiger partial charge is 0.410 e. The number of H-pyrrole nitrogens is 1. The highest BCUT2D eigenvalue weighted by Crippen LogP contribution is 2.38. The molecule has 8 nitrogen and oxygen atoms in total. The highest BCUT2D eigenvalue weighted by atomic mass is 32.1. The van der Waals surface area contributed by atoms with Crippen molar-refractivity contribution in [3.8, 4) is 11.6 Å². The maximum absolute atomic E-state index is 12.8. The number of ether oxygens (including phenoxy) is 1. The number of carbonyl (C=O) groups excluding carboxylic acids is 1. The Labute approximate surface area is 163 Å². The third-order valence-electron chi connectivity index (χ3n) is 4.28. The second-order valence-corrected chi connectivity index (χ2v) is 8.08. The Hall–Kier alpha value is -2.55. The molecule has 2 aromatic heterocycles. The van der Waals surface area contributed by atoms with Crippen LogP contribution in [0.5, 0.6) is 0 Å². The highest BCUT2D eigenvalue weighted by Gasteiger charge is 2.42. The number of rotatable bonds is 3. The van der Waals surface area contributed by atoms with Gasteiger partial charge in [-0.25, -0.2) is 19.7 Å². The summed E-state index contributed by atoms with van der Waals surface area (Å²) in [6.45, 7) is 7.89. The summed E-state index contributed by atoms with van der Waals surface area (Å²) < 4.78 is 5.58. The van der Waals surface area contributed by atoms with Gasteiger partial charge in [0.2, 0.25) is 0 Å². The number of aromatic amines is 1. The third-order valence-corrected chi connectivity index (χ3v) is 4.58. The molecule has 0 bridgehead atoms. The first-order valence-electron chi connectivity index (χ1n) is 8.80. The molecular weight excluding hydrogens is 364 g/mol. The van der Waals surface area contributed by atoms with E-state index in [-0.39, 0.29) is 5.92 Å². The van der Waals surface area contributed by atoms with Crippen LogP contribution < -0.4 is 5.73 Å². The fourth-order valence-electron chi connectivity index (χ4n) is 3.22. The summed E-state index contributed by atoms with van der Waals surface area (Å²) in [5.41, 5.74) is 6.83. The Kier molecular flexibility index (Phi) is 5.14. The Morgan fingerprint density at radius 3 is 2.74 bits per heavy atom. The van der Waals surface area contributed by atoms with E-state index >= 15 is 0 Å². The number of carbonyl (C=O) groups is 1. The standard InChI is InChI=1S/C18H24N6O2S/c1-10-9-12(23-16(22-10)15-20-6-7-21-15)13-11(14(19)27)5-8-24(13)17(25)26-18(2,3)4/h6-7,9,11,13H,5,8H2,1-4H3,(H2,19,27)(H,20,21). The van der Waals surface area contributed by atoms with Crippen LogP contribution in [-0.2, 0) is 4.74 Å². The zero-order valence-corrected chi connectivity index (χ0v) is 16.7. The van der Waals surface area contributed by atoms with Crippen LogP contribution in [0.3, 0.4) is 0 Å². The molecule has 3 rings (SSSR count). The van der Waals surface area contributed by atoms with Crippen molar-refractivity contribution in [1.82, 2.24) is 24.8 Å². The molecule has 0 saturated carbocycles. The zero-order chi connectivity index (χ0) is 19.8. The number of thiocarbonyl (C=S) groups is 1. The number of aryl methyl sites for hydroxylation is 1. The van der Waals surface area contributed by atoms with Crippen molar-refractivity contribution in [1.29, 1.82) is 0 Å². The summed E-state index contributed by atoms with van der Waals surface area (Å²) in [4.78, 5) is 31.1. The van der Waals surface area contributed by atoms with Gasteiger partial charge in [0.25, 0.3) is 0 Å². The molecule has 1 aliphatic heterocycles. The fraction of sp³-hybridized carbons (Fsp3) is 0.500. The van der Waals surface area contributed by atoms with Crippen LogP contribution in [0.15, 0.2) is 18.5 Å². The molecule has 0 spiro atoms. The summed E-state index contributed by atoms with van der Waals surface area (Å²) in [6, 6.07) is 1.46. The van der Waals surface area contributed by atoms with Gasteiger partial charge in [-0.2, -0.15) is 0 Å². The summed E-state index contributed by atoms with van der Waals surface area (Å²) >= 11 is 5.26. The van der Waals surface area contributed by atoms with Crippen LogP contribution in [0.2, 0.25) is 0 Å². The predicted molar refractivity (Wildman–Crippen MR) is 105 cm³/mol. The van der Waals surface area contributed by atoms with Crippen LogP contribution >= 0.6 is 12.2 Å². The number of amides is 1. The molecule has 1 saturated heterocycles. The maximum Gasteiger partial charge on any atom is 0.410 e.